The molecule has 0 unspecified atom stereocenters. The second kappa shape index (κ2) is 5.73. The van der Waals surface area contributed by atoms with E-state index in [0.29, 0.717) is 6.54 Å². The molecule has 2 N–H and O–H groups in total. The van der Waals surface area contributed by atoms with E-state index in [4.69, 9.17) is 5.11 Å². The SMILES string of the molecule is C[C@@H](NC(=O)N1CCCCc2ccccc21)C(=O)O. The Morgan fingerprint density at radius 3 is 2.79 bits per heavy atom. The zero-order valence-corrected chi connectivity index (χ0v) is 10.9. The van der Waals surface area contributed by atoms with E-state index in [2.05, 4.69) is 5.32 Å². The van der Waals surface area contributed by atoms with Crippen LogP contribution in [0, 0.1) is 0 Å². The number of carbonyl (C=O) groups is 2. The number of aliphatic carboxylic acids is 1. The molecule has 0 aromatic heterocycles. The normalized spacial score (nSPS) is 16.2. The number of hydrogen-bond donors (Lipinski definition) is 2. The maximum absolute atomic E-state index is 12.2. The number of aryl methyl sites for hydroxylation is 1. The molecule has 2 rings (SSSR count). The predicted octanol–water partition coefficient (Wildman–Crippen LogP) is 2.01. The first kappa shape index (κ1) is 13.4. The number of para-hydroxylation sites is 1. The summed E-state index contributed by atoms with van der Waals surface area (Å²) >= 11 is 0. The molecule has 19 heavy (non-hydrogen) atoms. The molecule has 0 aliphatic carbocycles. The average Bonchev–Trinajstić information content (AvgIpc) is 2.60. The van der Waals surface area contributed by atoms with E-state index in [0.717, 1.165) is 30.5 Å². The monoisotopic (exact) mass is 262 g/mol. The summed E-state index contributed by atoms with van der Waals surface area (Å²) in [6.07, 6.45) is 2.91. The van der Waals surface area contributed by atoms with Gasteiger partial charge in [-0.1, -0.05) is 18.2 Å². The minimum absolute atomic E-state index is 0.343. The minimum atomic E-state index is -1.03. The second-order valence-corrected chi connectivity index (χ2v) is 4.75. The maximum atomic E-state index is 12.2. The highest BCUT2D eigenvalue weighted by Crippen LogP contribution is 2.25. The molecule has 102 valence electrons. The van der Waals surface area contributed by atoms with Crippen molar-refractivity contribution in [3.05, 3.63) is 29.8 Å². The van der Waals surface area contributed by atoms with Crippen LogP contribution in [0.25, 0.3) is 0 Å². The van der Waals surface area contributed by atoms with Crippen LogP contribution in [0.2, 0.25) is 0 Å². The number of urea groups is 1. The highest BCUT2D eigenvalue weighted by molar-refractivity contribution is 5.95. The summed E-state index contributed by atoms with van der Waals surface area (Å²) in [5.41, 5.74) is 2.02. The fraction of sp³-hybridized carbons (Fsp3) is 0.429. The largest absolute Gasteiger partial charge is 0.480 e. The number of hydrogen-bond acceptors (Lipinski definition) is 2. The Bertz CT molecular complexity index is 487. The van der Waals surface area contributed by atoms with E-state index in [1.54, 1.807) is 4.90 Å². The first-order valence-corrected chi connectivity index (χ1v) is 6.48. The van der Waals surface area contributed by atoms with Gasteiger partial charge in [0.2, 0.25) is 0 Å². The third kappa shape index (κ3) is 3.05. The summed E-state index contributed by atoms with van der Waals surface area (Å²) in [5, 5.41) is 11.4. The van der Waals surface area contributed by atoms with Crippen molar-refractivity contribution in [3.8, 4) is 0 Å². The molecule has 1 heterocycles. The molecule has 2 amide bonds. The number of amides is 2. The fourth-order valence-electron chi connectivity index (χ4n) is 2.23. The van der Waals surface area contributed by atoms with Crippen LogP contribution in [0.3, 0.4) is 0 Å². The van der Waals surface area contributed by atoms with Crippen molar-refractivity contribution in [1.29, 1.82) is 0 Å². The van der Waals surface area contributed by atoms with Gasteiger partial charge < -0.3 is 10.4 Å². The van der Waals surface area contributed by atoms with Crippen LogP contribution in [0.1, 0.15) is 25.3 Å². The van der Waals surface area contributed by atoms with Gasteiger partial charge in [0, 0.05) is 12.2 Å². The number of benzene rings is 1. The topological polar surface area (TPSA) is 69.6 Å². The second-order valence-electron chi connectivity index (χ2n) is 4.75. The Labute approximate surface area is 112 Å². The predicted molar refractivity (Wildman–Crippen MR) is 72.4 cm³/mol. The molecule has 5 heteroatoms. The van der Waals surface area contributed by atoms with E-state index in [1.165, 1.54) is 6.92 Å². The lowest BCUT2D eigenvalue weighted by Crippen LogP contribution is -2.47. The minimum Gasteiger partial charge on any atom is -0.480 e. The van der Waals surface area contributed by atoms with Gasteiger partial charge in [-0.2, -0.15) is 0 Å². The average molecular weight is 262 g/mol. The summed E-state index contributed by atoms with van der Waals surface area (Å²) in [6, 6.07) is 6.55. The van der Waals surface area contributed by atoms with E-state index in [1.807, 2.05) is 24.3 Å². The van der Waals surface area contributed by atoms with Crippen LogP contribution >= 0.6 is 0 Å². The van der Waals surface area contributed by atoms with E-state index in [9.17, 15) is 9.59 Å². The molecule has 1 aliphatic rings. The summed E-state index contributed by atoms with van der Waals surface area (Å²) in [7, 11) is 0. The van der Waals surface area contributed by atoms with Crippen molar-refractivity contribution in [2.45, 2.75) is 32.2 Å². The number of fused-ring (bicyclic) bond motifs is 1. The van der Waals surface area contributed by atoms with Crippen LogP contribution in [0.15, 0.2) is 24.3 Å². The van der Waals surface area contributed by atoms with Crippen LogP contribution in [-0.2, 0) is 11.2 Å². The Kier molecular flexibility index (Phi) is 4.04. The third-order valence-corrected chi connectivity index (χ3v) is 3.32. The number of carbonyl (C=O) groups excluding carboxylic acids is 1. The summed E-state index contributed by atoms with van der Waals surface area (Å²) in [4.78, 5) is 24.6. The summed E-state index contributed by atoms with van der Waals surface area (Å²) in [5.74, 6) is -1.03. The van der Waals surface area contributed by atoms with Gasteiger partial charge in [0.15, 0.2) is 0 Å². The standard InChI is InChI=1S/C14H18N2O3/c1-10(13(17)18)15-14(19)16-9-5-4-7-11-6-2-3-8-12(11)16/h2-3,6,8,10H,4-5,7,9H2,1H3,(H,15,19)(H,17,18)/t10-/m1/s1. The van der Waals surface area contributed by atoms with E-state index >= 15 is 0 Å². The lowest BCUT2D eigenvalue weighted by Gasteiger charge is -2.24. The van der Waals surface area contributed by atoms with Gasteiger partial charge in [-0.25, -0.2) is 4.79 Å². The van der Waals surface area contributed by atoms with Crippen molar-refractivity contribution >= 4 is 17.7 Å². The number of carboxylic acids is 1. The van der Waals surface area contributed by atoms with Gasteiger partial charge >= 0.3 is 12.0 Å². The highest BCUT2D eigenvalue weighted by atomic mass is 16.4. The molecule has 1 atom stereocenters. The molecule has 0 radical (unpaired) electrons. The van der Waals surface area contributed by atoms with Crippen molar-refractivity contribution in [2.24, 2.45) is 0 Å². The lowest BCUT2D eigenvalue weighted by molar-refractivity contribution is -0.138. The molecule has 1 aliphatic heterocycles. The molecule has 5 nitrogen and oxygen atoms in total. The molecule has 0 saturated heterocycles. The van der Waals surface area contributed by atoms with Gasteiger partial charge in [0.25, 0.3) is 0 Å². The molecule has 0 bridgehead atoms. The number of carboxylic acid groups (broad SMARTS) is 1. The van der Waals surface area contributed by atoms with Crippen LogP contribution in [-0.4, -0.2) is 29.7 Å². The molecule has 0 saturated carbocycles. The Morgan fingerprint density at radius 2 is 2.05 bits per heavy atom. The summed E-state index contributed by atoms with van der Waals surface area (Å²) < 4.78 is 0. The highest BCUT2D eigenvalue weighted by Gasteiger charge is 2.23. The zero-order chi connectivity index (χ0) is 13.8. The van der Waals surface area contributed by atoms with Gasteiger partial charge in [-0.15, -0.1) is 0 Å². The molecule has 1 aromatic rings. The maximum Gasteiger partial charge on any atom is 0.325 e. The zero-order valence-electron chi connectivity index (χ0n) is 10.9. The Morgan fingerprint density at radius 1 is 1.32 bits per heavy atom. The number of anilines is 1. The number of nitrogens with one attached hydrogen (secondary N) is 1. The van der Waals surface area contributed by atoms with E-state index in [-0.39, 0.29) is 6.03 Å². The Hall–Kier alpha value is -2.04. The van der Waals surface area contributed by atoms with Crippen molar-refractivity contribution in [3.63, 3.8) is 0 Å². The summed E-state index contributed by atoms with van der Waals surface area (Å²) in [6.45, 7) is 2.08. The first-order chi connectivity index (χ1) is 9.09. The number of nitrogens with zero attached hydrogens (tertiary/aromatic N) is 1. The molecule has 0 fully saturated rings. The van der Waals surface area contributed by atoms with Gasteiger partial charge in [-0.05, 0) is 37.8 Å². The third-order valence-electron chi connectivity index (χ3n) is 3.32. The van der Waals surface area contributed by atoms with Gasteiger partial charge in [0.1, 0.15) is 6.04 Å². The van der Waals surface area contributed by atoms with Crippen molar-refractivity contribution < 1.29 is 14.7 Å². The Balaban J connectivity index is 2.19. The lowest BCUT2D eigenvalue weighted by atomic mass is 10.1. The molecular weight excluding hydrogens is 244 g/mol. The van der Waals surface area contributed by atoms with Crippen LogP contribution < -0.4 is 10.2 Å². The molecular formula is C14H18N2O3. The van der Waals surface area contributed by atoms with Gasteiger partial charge in [0.05, 0.1) is 0 Å². The quantitative estimate of drug-likeness (QED) is 0.856. The first-order valence-electron chi connectivity index (χ1n) is 6.48. The van der Waals surface area contributed by atoms with Gasteiger partial charge in [-0.3, -0.25) is 9.69 Å². The van der Waals surface area contributed by atoms with E-state index < -0.39 is 12.0 Å². The van der Waals surface area contributed by atoms with Crippen molar-refractivity contribution in [2.75, 3.05) is 11.4 Å². The smallest absolute Gasteiger partial charge is 0.325 e. The molecule has 1 aromatic carbocycles. The van der Waals surface area contributed by atoms with Crippen molar-refractivity contribution in [1.82, 2.24) is 5.32 Å². The number of rotatable bonds is 2. The molecule has 0 spiro atoms. The van der Waals surface area contributed by atoms with Crippen LogP contribution in [0.4, 0.5) is 10.5 Å². The van der Waals surface area contributed by atoms with Crippen LogP contribution in [0.5, 0.6) is 0 Å². The fourth-order valence-corrected chi connectivity index (χ4v) is 2.23.